The Morgan fingerprint density at radius 1 is 1.09 bits per heavy atom. The maximum absolute atomic E-state index is 12.1. The Bertz CT molecular complexity index is 541. The number of rotatable bonds is 4. The van der Waals surface area contributed by atoms with E-state index in [0.29, 0.717) is 18.2 Å². The number of nitrogens with one attached hydrogen (secondary N) is 1. The molecule has 4 heteroatoms. The molecule has 1 heterocycles. The zero-order valence-corrected chi connectivity index (χ0v) is 13.2. The molecule has 3 rings (SSSR count). The number of hydrogen-bond acceptors (Lipinski definition) is 2. The normalized spacial score (nSPS) is 19.0. The van der Waals surface area contributed by atoms with Crippen LogP contribution in [0, 0.1) is 12.8 Å². The second-order valence-electron chi connectivity index (χ2n) is 6.60. The Labute approximate surface area is 131 Å². The van der Waals surface area contributed by atoms with Gasteiger partial charge < -0.3 is 10.2 Å². The zero-order chi connectivity index (χ0) is 15.5. The third-order valence-electron chi connectivity index (χ3n) is 4.58. The standard InChI is InChI=1S/C18H24N2O2/c1-13-2-4-14(5-3-13)12-17(21)19-16-8-10-20(11-9-16)18(22)15-6-7-15/h2-5,15-16H,6-12H2,1H3,(H,19,21). The molecule has 0 aromatic heterocycles. The Balaban J connectivity index is 1.43. The molecule has 0 unspecified atom stereocenters. The first-order valence-electron chi connectivity index (χ1n) is 8.25. The van der Waals surface area contributed by atoms with E-state index < -0.39 is 0 Å². The van der Waals surface area contributed by atoms with Crippen molar-refractivity contribution in [3.05, 3.63) is 35.4 Å². The Hall–Kier alpha value is -1.84. The fraction of sp³-hybridized carbons (Fsp3) is 0.556. The van der Waals surface area contributed by atoms with Crippen molar-refractivity contribution in [3.8, 4) is 0 Å². The number of likely N-dealkylation sites (tertiary alicyclic amines) is 1. The topological polar surface area (TPSA) is 49.4 Å². The van der Waals surface area contributed by atoms with Gasteiger partial charge in [0.2, 0.25) is 11.8 Å². The van der Waals surface area contributed by atoms with Crippen molar-refractivity contribution in [1.82, 2.24) is 10.2 Å². The summed E-state index contributed by atoms with van der Waals surface area (Å²) in [5.74, 6) is 0.702. The molecule has 1 aliphatic heterocycles. The van der Waals surface area contributed by atoms with E-state index in [1.165, 1.54) is 5.56 Å². The summed E-state index contributed by atoms with van der Waals surface area (Å²) in [5.41, 5.74) is 2.25. The van der Waals surface area contributed by atoms with Crippen molar-refractivity contribution in [3.63, 3.8) is 0 Å². The number of amides is 2. The minimum Gasteiger partial charge on any atom is -0.353 e. The van der Waals surface area contributed by atoms with Crippen molar-refractivity contribution >= 4 is 11.8 Å². The maximum atomic E-state index is 12.1. The lowest BCUT2D eigenvalue weighted by Crippen LogP contribution is -2.47. The number of benzene rings is 1. The second-order valence-corrected chi connectivity index (χ2v) is 6.60. The van der Waals surface area contributed by atoms with Crippen LogP contribution in [-0.2, 0) is 16.0 Å². The summed E-state index contributed by atoms with van der Waals surface area (Å²) in [7, 11) is 0. The van der Waals surface area contributed by atoms with Crippen LogP contribution in [0.2, 0.25) is 0 Å². The number of carbonyl (C=O) groups excluding carboxylic acids is 2. The van der Waals surface area contributed by atoms with Gasteiger partial charge in [0.15, 0.2) is 0 Å². The molecule has 0 atom stereocenters. The highest BCUT2D eigenvalue weighted by molar-refractivity contribution is 5.81. The van der Waals surface area contributed by atoms with Gasteiger partial charge in [0, 0.05) is 25.0 Å². The SMILES string of the molecule is Cc1ccc(CC(=O)NC2CCN(C(=O)C3CC3)CC2)cc1. The summed E-state index contributed by atoms with van der Waals surface area (Å²) in [6, 6.07) is 8.29. The monoisotopic (exact) mass is 300 g/mol. The van der Waals surface area contributed by atoms with Gasteiger partial charge in [-0.15, -0.1) is 0 Å². The first-order chi connectivity index (χ1) is 10.6. The fourth-order valence-electron chi connectivity index (χ4n) is 3.00. The van der Waals surface area contributed by atoms with E-state index in [4.69, 9.17) is 0 Å². The molecule has 2 amide bonds. The van der Waals surface area contributed by atoms with Gasteiger partial charge in [-0.25, -0.2) is 0 Å². The van der Waals surface area contributed by atoms with Crippen molar-refractivity contribution in [1.29, 1.82) is 0 Å². The minimum atomic E-state index is 0.0795. The summed E-state index contributed by atoms with van der Waals surface area (Å²) >= 11 is 0. The van der Waals surface area contributed by atoms with Gasteiger partial charge in [-0.05, 0) is 38.2 Å². The van der Waals surface area contributed by atoms with Crippen LogP contribution in [0.5, 0.6) is 0 Å². The quantitative estimate of drug-likeness (QED) is 0.925. The van der Waals surface area contributed by atoms with Crippen LogP contribution >= 0.6 is 0 Å². The van der Waals surface area contributed by atoms with Crippen molar-refractivity contribution < 1.29 is 9.59 Å². The average Bonchev–Trinajstić information content (AvgIpc) is 3.34. The van der Waals surface area contributed by atoms with E-state index >= 15 is 0 Å². The molecule has 2 fully saturated rings. The van der Waals surface area contributed by atoms with Crippen molar-refractivity contribution in [2.24, 2.45) is 5.92 Å². The molecule has 22 heavy (non-hydrogen) atoms. The first-order valence-corrected chi connectivity index (χ1v) is 8.25. The molecule has 118 valence electrons. The summed E-state index contributed by atoms with van der Waals surface area (Å²) in [6.45, 7) is 3.61. The van der Waals surface area contributed by atoms with E-state index in [1.54, 1.807) is 0 Å². The molecule has 0 bridgehead atoms. The molecule has 1 aromatic rings. The van der Waals surface area contributed by atoms with Gasteiger partial charge in [0.05, 0.1) is 6.42 Å². The molecule has 1 aromatic carbocycles. The van der Waals surface area contributed by atoms with E-state index in [1.807, 2.05) is 36.1 Å². The van der Waals surface area contributed by atoms with Gasteiger partial charge in [-0.2, -0.15) is 0 Å². The fourth-order valence-corrected chi connectivity index (χ4v) is 3.00. The van der Waals surface area contributed by atoms with Gasteiger partial charge in [0.1, 0.15) is 0 Å². The lowest BCUT2D eigenvalue weighted by atomic mass is 10.0. The molecule has 1 saturated heterocycles. The van der Waals surface area contributed by atoms with Crippen LogP contribution in [0.15, 0.2) is 24.3 Å². The number of nitrogens with zero attached hydrogens (tertiary/aromatic N) is 1. The van der Waals surface area contributed by atoms with E-state index in [2.05, 4.69) is 5.32 Å². The maximum Gasteiger partial charge on any atom is 0.225 e. The van der Waals surface area contributed by atoms with Crippen LogP contribution in [0.4, 0.5) is 0 Å². The highest BCUT2D eigenvalue weighted by Crippen LogP contribution is 2.31. The van der Waals surface area contributed by atoms with Crippen LogP contribution in [0.3, 0.4) is 0 Å². The number of carbonyl (C=O) groups is 2. The largest absolute Gasteiger partial charge is 0.353 e. The van der Waals surface area contributed by atoms with Gasteiger partial charge in [-0.1, -0.05) is 29.8 Å². The molecule has 2 aliphatic rings. The minimum absolute atomic E-state index is 0.0795. The smallest absolute Gasteiger partial charge is 0.225 e. The third-order valence-corrected chi connectivity index (χ3v) is 4.58. The zero-order valence-electron chi connectivity index (χ0n) is 13.2. The van der Waals surface area contributed by atoms with Crippen molar-refractivity contribution in [2.75, 3.05) is 13.1 Å². The molecular weight excluding hydrogens is 276 g/mol. The van der Waals surface area contributed by atoms with E-state index in [0.717, 1.165) is 44.3 Å². The van der Waals surface area contributed by atoms with Gasteiger partial charge in [-0.3, -0.25) is 9.59 Å². The summed E-state index contributed by atoms with van der Waals surface area (Å²) in [6.07, 6.45) is 4.30. The first kappa shape index (κ1) is 15.1. The summed E-state index contributed by atoms with van der Waals surface area (Å²) < 4.78 is 0. The van der Waals surface area contributed by atoms with Crippen LogP contribution < -0.4 is 5.32 Å². The second kappa shape index (κ2) is 6.51. The summed E-state index contributed by atoms with van der Waals surface area (Å²) in [4.78, 5) is 26.1. The summed E-state index contributed by atoms with van der Waals surface area (Å²) in [5, 5.41) is 3.11. The molecular formula is C18H24N2O2. The molecule has 1 aliphatic carbocycles. The van der Waals surface area contributed by atoms with E-state index in [9.17, 15) is 9.59 Å². The molecule has 0 spiro atoms. The predicted octanol–water partition coefficient (Wildman–Crippen LogP) is 2.05. The molecule has 1 N–H and O–H groups in total. The number of piperidine rings is 1. The molecule has 0 radical (unpaired) electrons. The van der Waals surface area contributed by atoms with Crippen molar-refractivity contribution in [2.45, 2.75) is 45.1 Å². The van der Waals surface area contributed by atoms with Crippen LogP contribution in [0.1, 0.15) is 36.8 Å². The third kappa shape index (κ3) is 3.87. The molecule has 4 nitrogen and oxygen atoms in total. The highest BCUT2D eigenvalue weighted by atomic mass is 16.2. The van der Waals surface area contributed by atoms with Crippen LogP contribution in [-0.4, -0.2) is 35.8 Å². The Morgan fingerprint density at radius 2 is 1.73 bits per heavy atom. The Kier molecular flexibility index (Phi) is 4.46. The number of hydrogen-bond donors (Lipinski definition) is 1. The van der Waals surface area contributed by atoms with Gasteiger partial charge >= 0.3 is 0 Å². The van der Waals surface area contributed by atoms with E-state index in [-0.39, 0.29) is 11.9 Å². The highest BCUT2D eigenvalue weighted by Gasteiger charge is 2.35. The molecule has 1 saturated carbocycles. The van der Waals surface area contributed by atoms with Gasteiger partial charge in [0.25, 0.3) is 0 Å². The number of aryl methyl sites for hydroxylation is 1. The van der Waals surface area contributed by atoms with Crippen LogP contribution in [0.25, 0.3) is 0 Å². The predicted molar refractivity (Wildman–Crippen MR) is 85.4 cm³/mol. The average molecular weight is 300 g/mol. The lowest BCUT2D eigenvalue weighted by molar-refractivity contribution is -0.133. The lowest BCUT2D eigenvalue weighted by Gasteiger charge is -2.32. The Morgan fingerprint density at radius 3 is 2.32 bits per heavy atom.